The normalized spacial score (nSPS) is 11.7. The molecule has 7 nitrogen and oxygen atoms in total. The number of hydrogen-bond acceptors (Lipinski definition) is 7. The number of aromatic hydroxyl groups is 2. The van der Waals surface area contributed by atoms with Gasteiger partial charge in [-0.15, -0.1) is 0 Å². The molecule has 0 aliphatic carbocycles. The van der Waals surface area contributed by atoms with Gasteiger partial charge in [-0.3, -0.25) is 0 Å². The first-order valence-electron chi connectivity index (χ1n) is 10.2. The molecule has 192 valence electrons. The Bertz CT molecular complexity index is 1290. The number of aromatic nitrogens is 2. The van der Waals surface area contributed by atoms with Crippen molar-refractivity contribution in [3.8, 4) is 46.3 Å². The van der Waals surface area contributed by atoms with Crippen molar-refractivity contribution in [1.82, 2.24) is 9.97 Å². The van der Waals surface area contributed by atoms with Crippen LogP contribution in [0.25, 0.3) is 0 Å². The van der Waals surface area contributed by atoms with E-state index in [1.165, 1.54) is 48.8 Å². The Morgan fingerprint density at radius 3 is 1.27 bits per heavy atom. The lowest BCUT2D eigenvalue weighted by atomic mass is 10.1. The topological polar surface area (TPSA) is 93.9 Å². The Kier molecular flexibility index (Phi) is 6.70. The molecule has 4 aromatic rings. The number of phenolic OH excluding ortho intramolecular Hbond substituents is 2. The van der Waals surface area contributed by atoms with Crippen LogP contribution in [0, 0.1) is 0 Å². The van der Waals surface area contributed by atoms with E-state index in [0.717, 1.165) is 12.1 Å². The maximum atomic E-state index is 13.8. The summed E-state index contributed by atoms with van der Waals surface area (Å²) >= 11 is 0. The van der Waals surface area contributed by atoms with Crippen molar-refractivity contribution < 1.29 is 50.8 Å². The lowest BCUT2D eigenvalue weighted by Gasteiger charge is -2.21. The molecule has 0 atom stereocenters. The van der Waals surface area contributed by atoms with Gasteiger partial charge in [-0.1, -0.05) is 12.1 Å². The molecule has 0 aliphatic heterocycles. The van der Waals surface area contributed by atoms with Crippen LogP contribution in [0.5, 0.6) is 46.3 Å². The summed E-state index contributed by atoms with van der Waals surface area (Å²) in [6.45, 7) is 0. The smallest absolute Gasteiger partial charge is 0.423 e. The molecule has 0 fully saturated rings. The van der Waals surface area contributed by atoms with E-state index < -0.39 is 58.0 Å². The SMILES string of the molecule is Oc1ccc(Oc2ccc(O)c(C(F)(F)F)c2Oc2ccccn2)c(Oc2ccccn2)c1C(F)(F)F. The second kappa shape index (κ2) is 9.76. The summed E-state index contributed by atoms with van der Waals surface area (Å²) in [5.41, 5.74) is -3.31. The van der Waals surface area contributed by atoms with Crippen LogP contribution in [-0.4, -0.2) is 20.2 Å². The van der Waals surface area contributed by atoms with Gasteiger partial charge in [-0.2, -0.15) is 26.3 Å². The average molecular weight is 524 g/mol. The van der Waals surface area contributed by atoms with Crippen molar-refractivity contribution in [2.45, 2.75) is 12.4 Å². The molecule has 0 amide bonds. The van der Waals surface area contributed by atoms with Crippen LogP contribution in [0.3, 0.4) is 0 Å². The second-order valence-corrected chi connectivity index (χ2v) is 7.21. The number of alkyl halides is 6. The molecule has 0 spiro atoms. The number of pyridine rings is 2. The zero-order valence-electron chi connectivity index (χ0n) is 18.2. The number of hydrogen-bond donors (Lipinski definition) is 2. The first-order chi connectivity index (χ1) is 17.4. The van der Waals surface area contributed by atoms with E-state index in [-0.39, 0.29) is 11.8 Å². The predicted molar refractivity (Wildman–Crippen MR) is 115 cm³/mol. The quantitative estimate of drug-likeness (QED) is 0.256. The molecule has 2 aromatic carbocycles. The fourth-order valence-electron chi connectivity index (χ4n) is 3.16. The van der Waals surface area contributed by atoms with Crippen molar-refractivity contribution in [3.63, 3.8) is 0 Å². The predicted octanol–water partition coefficient (Wildman–Crippen LogP) is 7.30. The fraction of sp³-hybridized carbons (Fsp3) is 0.0833. The average Bonchev–Trinajstić information content (AvgIpc) is 2.82. The molecule has 0 bridgehead atoms. The highest BCUT2D eigenvalue weighted by atomic mass is 19.4. The van der Waals surface area contributed by atoms with Gasteiger partial charge >= 0.3 is 12.4 Å². The number of ether oxygens (including phenoxy) is 3. The van der Waals surface area contributed by atoms with E-state index in [4.69, 9.17) is 14.2 Å². The van der Waals surface area contributed by atoms with E-state index in [2.05, 4.69) is 9.97 Å². The maximum Gasteiger partial charge on any atom is 0.423 e. The van der Waals surface area contributed by atoms with Gasteiger partial charge in [0.15, 0.2) is 23.0 Å². The minimum Gasteiger partial charge on any atom is -0.507 e. The summed E-state index contributed by atoms with van der Waals surface area (Å²) in [5.74, 6) is -6.71. The number of halogens is 6. The maximum absolute atomic E-state index is 13.8. The minimum absolute atomic E-state index is 0.324. The molecule has 0 unspecified atom stereocenters. The Morgan fingerprint density at radius 2 is 0.946 bits per heavy atom. The van der Waals surface area contributed by atoms with Crippen molar-refractivity contribution >= 4 is 0 Å². The summed E-state index contributed by atoms with van der Waals surface area (Å²) in [6, 6.07) is 11.2. The number of nitrogens with zero attached hydrogens (tertiary/aromatic N) is 2. The standard InChI is InChI=1S/C24H14F6N2O5/c25-23(26,27)19-13(33)7-9-15(21(19)36-17-5-1-3-11-31-17)35-16-10-8-14(34)20(24(28,29)30)22(16)37-18-6-2-4-12-32-18/h1-12,33-34H. The molecule has 0 saturated heterocycles. The molecule has 0 radical (unpaired) electrons. The Hall–Kier alpha value is -4.68. The first kappa shape index (κ1) is 25.4. The van der Waals surface area contributed by atoms with Crippen LogP contribution in [0.4, 0.5) is 26.3 Å². The van der Waals surface area contributed by atoms with Crippen LogP contribution in [0.2, 0.25) is 0 Å². The van der Waals surface area contributed by atoms with Crippen LogP contribution in [0.15, 0.2) is 73.1 Å². The highest BCUT2D eigenvalue weighted by Gasteiger charge is 2.42. The van der Waals surface area contributed by atoms with Crippen molar-refractivity contribution in [2.75, 3.05) is 0 Å². The summed E-state index contributed by atoms with van der Waals surface area (Å²) in [4.78, 5) is 7.53. The third-order valence-corrected chi connectivity index (χ3v) is 4.67. The van der Waals surface area contributed by atoms with E-state index >= 15 is 0 Å². The van der Waals surface area contributed by atoms with E-state index in [1.807, 2.05) is 0 Å². The van der Waals surface area contributed by atoms with Crippen LogP contribution < -0.4 is 14.2 Å². The van der Waals surface area contributed by atoms with Gasteiger partial charge in [0, 0.05) is 24.5 Å². The van der Waals surface area contributed by atoms with Crippen molar-refractivity contribution in [3.05, 3.63) is 84.2 Å². The Morgan fingerprint density at radius 1 is 0.541 bits per heavy atom. The largest absolute Gasteiger partial charge is 0.507 e. The molecular weight excluding hydrogens is 510 g/mol. The molecule has 37 heavy (non-hydrogen) atoms. The molecule has 2 aromatic heterocycles. The third kappa shape index (κ3) is 5.60. The Balaban J connectivity index is 1.90. The second-order valence-electron chi connectivity index (χ2n) is 7.21. The molecule has 13 heteroatoms. The van der Waals surface area contributed by atoms with Crippen LogP contribution in [-0.2, 0) is 12.4 Å². The lowest BCUT2D eigenvalue weighted by molar-refractivity contribution is -0.140. The van der Waals surface area contributed by atoms with E-state index in [1.54, 1.807) is 0 Å². The molecule has 2 N–H and O–H groups in total. The van der Waals surface area contributed by atoms with Gasteiger partial charge in [0.1, 0.15) is 22.6 Å². The van der Waals surface area contributed by atoms with Crippen molar-refractivity contribution in [2.24, 2.45) is 0 Å². The summed E-state index contributed by atoms with van der Waals surface area (Å²) < 4.78 is 99.0. The summed E-state index contributed by atoms with van der Waals surface area (Å²) in [7, 11) is 0. The molecule has 2 heterocycles. The first-order valence-corrected chi connectivity index (χ1v) is 10.2. The number of rotatable bonds is 6. The molecular formula is C24H14F6N2O5. The highest BCUT2D eigenvalue weighted by Crippen LogP contribution is 2.52. The monoisotopic (exact) mass is 524 g/mol. The molecule has 4 rings (SSSR count). The lowest BCUT2D eigenvalue weighted by Crippen LogP contribution is -2.10. The highest BCUT2D eigenvalue weighted by molar-refractivity contribution is 5.61. The summed E-state index contributed by atoms with van der Waals surface area (Å²) in [5, 5.41) is 19.9. The zero-order chi connectivity index (χ0) is 26.8. The fourth-order valence-corrected chi connectivity index (χ4v) is 3.16. The Labute approximate surface area is 204 Å². The van der Waals surface area contributed by atoms with Crippen LogP contribution >= 0.6 is 0 Å². The zero-order valence-corrected chi connectivity index (χ0v) is 18.2. The minimum atomic E-state index is -5.16. The van der Waals surface area contributed by atoms with E-state index in [9.17, 15) is 36.6 Å². The van der Waals surface area contributed by atoms with Gasteiger partial charge in [0.2, 0.25) is 11.8 Å². The van der Waals surface area contributed by atoms with Gasteiger partial charge in [0.05, 0.1) is 0 Å². The van der Waals surface area contributed by atoms with Gasteiger partial charge in [0.25, 0.3) is 0 Å². The third-order valence-electron chi connectivity index (χ3n) is 4.67. The van der Waals surface area contributed by atoms with E-state index in [0.29, 0.717) is 12.1 Å². The van der Waals surface area contributed by atoms with Crippen molar-refractivity contribution in [1.29, 1.82) is 0 Å². The van der Waals surface area contributed by atoms with Crippen LogP contribution in [0.1, 0.15) is 11.1 Å². The van der Waals surface area contributed by atoms with Gasteiger partial charge in [-0.25, -0.2) is 9.97 Å². The van der Waals surface area contributed by atoms with Gasteiger partial charge < -0.3 is 24.4 Å². The molecule has 0 saturated carbocycles. The summed E-state index contributed by atoms with van der Waals surface area (Å²) in [6.07, 6.45) is -7.87. The number of benzene rings is 2. The number of phenols is 2. The molecule has 0 aliphatic rings. The van der Waals surface area contributed by atoms with Gasteiger partial charge in [-0.05, 0) is 36.4 Å².